The van der Waals surface area contributed by atoms with Crippen LogP contribution in [0.5, 0.6) is 0 Å². The third kappa shape index (κ3) is 9.92. The molecule has 0 radical (unpaired) electrons. The topological polar surface area (TPSA) is 29.3 Å². The van der Waals surface area contributed by atoms with Crippen molar-refractivity contribution in [3.63, 3.8) is 0 Å². The molecule has 1 unspecified atom stereocenters. The summed E-state index contributed by atoms with van der Waals surface area (Å²) in [6.45, 7) is 10.2. The highest BCUT2D eigenvalue weighted by Crippen LogP contribution is 2.00. The first kappa shape index (κ1) is 13.5. The standard InChI is InChI=1S/C7H18N2.C2H6/c1-4-7(2)5-9(3)6-8;1-2/h7H,4-6,8H2,1-3H3;1-2H3. The molecule has 0 saturated carbocycles. The highest BCUT2D eigenvalue weighted by molar-refractivity contribution is 4.53. The van der Waals surface area contributed by atoms with Gasteiger partial charge >= 0.3 is 0 Å². The quantitative estimate of drug-likeness (QED) is 0.636. The molecule has 0 heterocycles. The van der Waals surface area contributed by atoms with Gasteiger partial charge in [0.15, 0.2) is 0 Å². The van der Waals surface area contributed by atoms with E-state index in [1.54, 1.807) is 0 Å². The molecule has 0 aromatic rings. The first-order chi connectivity index (χ1) is 5.20. The zero-order valence-corrected chi connectivity index (χ0v) is 8.72. The van der Waals surface area contributed by atoms with Gasteiger partial charge in [-0.25, -0.2) is 0 Å². The van der Waals surface area contributed by atoms with Crippen molar-refractivity contribution in [2.24, 2.45) is 11.7 Å². The Morgan fingerprint density at radius 3 is 2.09 bits per heavy atom. The summed E-state index contributed by atoms with van der Waals surface area (Å²) >= 11 is 0. The van der Waals surface area contributed by atoms with E-state index in [-0.39, 0.29) is 0 Å². The van der Waals surface area contributed by atoms with Crippen LogP contribution in [0, 0.1) is 5.92 Å². The fraction of sp³-hybridized carbons (Fsp3) is 1.00. The van der Waals surface area contributed by atoms with Crippen LogP contribution in [0.15, 0.2) is 0 Å². The molecule has 0 aliphatic carbocycles. The van der Waals surface area contributed by atoms with E-state index in [0.717, 1.165) is 12.5 Å². The van der Waals surface area contributed by atoms with E-state index in [9.17, 15) is 0 Å². The molecule has 0 amide bonds. The molecule has 0 fully saturated rings. The maximum Gasteiger partial charge on any atom is 0.0452 e. The highest BCUT2D eigenvalue weighted by atomic mass is 15.1. The van der Waals surface area contributed by atoms with Crippen molar-refractivity contribution in [3.05, 3.63) is 0 Å². The third-order valence-corrected chi connectivity index (χ3v) is 1.63. The molecule has 0 rings (SSSR count). The minimum Gasteiger partial charge on any atom is -0.318 e. The highest BCUT2D eigenvalue weighted by Gasteiger charge is 2.00. The van der Waals surface area contributed by atoms with Gasteiger partial charge in [0.2, 0.25) is 0 Å². The SMILES string of the molecule is CC.CCC(C)CN(C)CN. The second-order valence-corrected chi connectivity index (χ2v) is 2.73. The monoisotopic (exact) mass is 160 g/mol. The number of hydrogen-bond acceptors (Lipinski definition) is 2. The zero-order chi connectivity index (χ0) is 9.28. The Kier molecular flexibility index (Phi) is 12.2. The molecule has 2 heteroatoms. The van der Waals surface area contributed by atoms with Crippen LogP contribution < -0.4 is 5.73 Å². The maximum atomic E-state index is 5.40. The summed E-state index contributed by atoms with van der Waals surface area (Å²) in [6.07, 6.45) is 1.24. The van der Waals surface area contributed by atoms with Crippen LogP contribution in [0.3, 0.4) is 0 Å². The first-order valence-electron chi connectivity index (χ1n) is 4.59. The maximum absolute atomic E-state index is 5.40. The summed E-state index contributed by atoms with van der Waals surface area (Å²) < 4.78 is 0. The third-order valence-electron chi connectivity index (χ3n) is 1.63. The molecule has 0 aliphatic rings. The lowest BCUT2D eigenvalue weighted by molar-refractivity contribution is 0.289. The number of hydrogen-bond donors (Lipinski definition) is 1. The Hall–Kier alpha value is -0.0800. The van der Waals surface area contributed by atoms with Crippen molar-refractivity contribution in [3.8, 4) is 0 Å². The van der Waals surface area contributed by atoms with Gasteiger partial charge in [0.05, 0.1) is 0 Å². The van der Waals surface area contributed by atoms with Gasteiger partial charge in [-0.3, -0.25) is 4.90 Å². The van der Waals surface area contributed by atoms with Crippen LogP contribution in [-0.2, 0) is 0 Å². The van der Waals surface area contributed by atoms with Crippen LogP contribution in [0.25, 0.3) is 0 Å². The largest absolute Gasteiger partial charge is 0.318 e. The fourth-order valence-electron chi connectivity index (χ4n) is 0.736. The average molecular weight is 160 g/mol. The molecular formula is C9H24N2. The lowest BCUT2D eigenvalue weighted by Crippen LogP contribution is -2.29. The van der Waals surface area contributed by atoms with Crippen LogP contribution in [0.1, 0.15) is 34.1 Å². The molecule has 0 aromatic carbocycles. The van der Waals surface area contributed by atoms with Crippen LogP contribution in [0.2, 0.25) is 0 Å². The minimum atomic E-state index is 0.671. The van der Waals surface area contributed by atoms with Gasteiger partial charge in [0, 0.05) is 13.2 Å². The molecule has 0 aromatic heterocycles. The molecule has 0 saturated heterocycles. The molecule has 70 valence electrons. The zero-order valence-electron chi connectivity index (χ0n) is 8.72. The van der Waals surface area contributed by atoms with E-state index in [1.807, 2.05) is 20.9 Å². The second-order valence-electron chi connectivity index (χ2n) is 2.73. The summed E-state index contributed by atoms with van der Waals surface area (Å²) in [6, 6.07) is 0. The van der Waals surface area contributed by atoms with Crippen molar-refractivity contribution in [1.82, 2.24) is 4.90 Å². The molecule has 1 atom stereocenters. The second kappa shape index (κ2) is 9.92. The van der Waals surface area contributed by atoms with Gasteiger partial charge in [0.25, 0.3) is 0 Å². The smallest absolute Gasteiger partial charge is 0.0452 e. The Bertz CT molecular complexity index is 56.6. The lowest BCUT2D eigenvalue weighted by Gasteiger charge is -2.17. The van der Waals surface area contributed by atoms with Crippen LogP contribution in [-0.4, -0.2) is 25.2 Å². The Balaban J connectivity index is 0. The van der Waals surface area contributed by atoms with Gasteiger partial charge in [-0.15, -0.1) is 0 Å². The van der Waals surface area contributed by atoms with Gasteiger partial charge in [-0.1, -0.05) is 34.1 Å². The van der Waals surface area contributed by atoms with E-state index in [2.05, 4.69) is 18.7 Å². The van der Waals surface area contributed by atoms with Crippen molar-refractivity contribution < 1.29 is 0 Å². The van der Waals surface area contributed by atoms with Gasteiger partial charge < -0.3 is 5.73 Å². The number of rotatable bonds is 4. The molecule has 2 nitrogen and oxygen atoms in total. The Morgan fingerprint density at radius 1 is 1.36 bits per heavy atom. The van der Waals surface area contributed by atoms with Crippen molar-refractivity contribution in [2.45, 2.75) is 34.1 Å². The summed E-state index contributed by atoms with van der Waals surface area (Å²) in [5.74, 6) is 0.776. The summed E-state index contributed by atoms with van der Waals surface area (Å²) in [5.41, 5.74) is 5.40. The van der Waals surface area contributed by atoms with E-state index in [1.165, 1.54) is 6.42 Å². The summed E-state index contributed by atoms with van der Waals surface area (Å²) in [5, 5.41) is 0. The van der Waals surface area contributed by atoms with Crippen molar-refractivity contribution in [2.75, 3.05) is 20.3 Å². The predicted octanol–water partition coefficient (Wildman–Crippen LogP) is 1.91. The summed E-state index contributed by atoms with van der Waals surface area (Å²) in [7, 11) is 2.05. The van der Waals surface area contributed by atoms with Gasteiger partial charge in [-0.05, 0) is 13.0 Å². The van der Waals surface area contributed by atoms with Crippen molar-refractivity contribution >= 4 is 0 Å². The Morgan fingerprint density at radius 2 is 1.82 bits per heavy atom. The average Bonchev–Trinajstić information content (AvgIpc) is 2.07. The summed E-state index contributed by atoms with van der Waals surface area (Å²) in [4.78, 5) is 2.13. The van der Waals surface area contributed by atoms with Gasteiger partial charge in [0.1, 0.15) is 0 Å². The van der Waals surface area contributed by atoms with E-state index in [0.29, 0.717) is 6.67 Å². The van der Waals surface area contributed by atoms with Crippen molar-refractivity contribution in [1.29, 1.82) is 0 Å². The predicted molar refractivity (Wildman–Crippen MR) is 52.5 cm³/mol. The molecule has 0 bridgehead atoms. The lowest BCUT2D eigenvalue weighted by atomic mass is 10.1. The van der Waals surface area contributed by atoms with E-state index in [4.69, 9.17) is 5.73 Å². The minimum absolute atomic E-state index is 0.671. The van der Waals surface area contributed by atoms with E-state index < -0.39 is 0 Å². The van der Waals surface area contributed by atoms with E-state index >= 15 is 0 Å². The van der Waals surface area contributed by atoms with Crippen LogP contribution in [0.4, 0.5) is 0 Å². The number of nitrogens with zero attached hydrogens (tertiary/aromatic N) is 1. The molecule has 0 aliphatic heterocycles. The Labute approximate surface area is 71.8 Å². The fourth-order valence-corrected chi connectivity index (χ4v) is 0.736. The van der Waals surface area contributed by atoms with Gasteiger partial charge in [-0.2, -0.15) is 0 Å². The van der Waals surface area contributed by atoms with Crippen LogP contribution >= 0.6 is 0 Å². The number of nitrogens with two attached hydrogens (primary N) is 1. The molecule has 2 N–H and O–H groups in total. The normalized spacial score (nSPS) is 12.3. The molecule has 11 heavy (non-hydrogen) atoms. The molecular weight excluding hydrogens is 136 g/mol. The molecule has 0 spiro atoms. The first-order valence-corrected chi connectivity index (χ1v) is 4.59.